The van der Waals surface area contributed by atoms with E-state index in [9.17, 15) is 9.59 Å². The molecule has 3 aromatic rings. The van der Waals surface area contributed by atoms with E-state index in [1.807, 2.05) is 11.0 Å². The molecule has 1 saturated heterocycles. The van der Waals surface area contributed by atoms with Gasteiger partial charge in [0.25, 0.3) is 11.8 Å². The van der Waals surface area contributed by atoms with E-state index in [2.05, 4.69) is 18.9 Å². The van der Waals surface area contributed by atoms with Gasteiger partial charge in [0, 0.05) is 12.1 Å². The molecule has 1 aliphatic heterocycles. The summed E-state index contributed by atoms with van der Waals surface area (Å²) in [7, 11) is 0. The Morgan fingerprint density at radius 2 is 2.04 bits per heavy atom. The van der Waals surface area contributed by atoms with Gasteiger partial charge in [0.1, 0.15) is 16.7 Å². The van der Waals surface area contributed by atoms with Gasteiger partial charge in [-0.3, -0.25) is 14.7 Å². The predicted octanol–water partition coefficient (Wildman–Crippen LogP) is 1.88. The summed E-state index contributed by atoms with van der Waals surface area (Å²) in [6.07, 6.45) is 2.76. The zero-order valence-electron chi connectivity index (χ0n) is 13.3. The number of benzene rings is 1. The largest absolute Gasteiger partial charge is 0.364 e. The van der Waals surface area contributed by atoms with Crippen LogP contribution in [-0.4, -0.2) is 42.2 Å². The van der Waals surface area contributed by atoms with Crippen LogP contribution in [0.15, 0.2) is 24.3 Å². The number of carbonyl (C=O) groups excluding carboxylic acids is 2. The summed E-state index contributed by atoms with van der Waals surface area (Å²) < 4.78 is 8.36. The lowest BCUT2D eigenvalue weighted by Gasteiger charge is -2.35. The first-order valence-corrected chi connectivity index (χ1v) is 8.75. The van der Waals surface area contributed by atoms with Crippen LogP contribution in [0.3, 0.4) is 0 Å². The van der Waals surface area contributed by atoms with Crippen LogP contribution in [0.4, 0.5) is 0 Å². The Kier molecular flexibility index (Phi) is 3.92. The SMILES string of the molecule is NC(=O)c1cc(C2CCCCN2C(=O)c2ccc3nsnc3c2)[nH]n1. The van der Waals surface area contributed by atoms with E-state index in [4.69, 9.17) is 5.73 Å². The number of aromatic nitrogens is 4. The van der Waals surface area contributed by atoms with E-state index < -0.39 is 5.91 Å². The van der Waals surface area contributed by atoms with Crippen molar-refractivity contribution in [1.29, 1.82) is 0 Å². The van der Waals surface area contributed by atoms with Crippen LogP contribution in [0.5, 0.6) is 0 Å². The van der Waals surface area contributed by atoms with Gasteiger partial charge in [0.2, 0.25) is 0 Å². The molecule has 2 aromatic heterocycles. The maximum absolute atomic E-state index is 13.0. The molecule has 0 bridgehead atoms. The molecular formula is C16H16N6O2S. The van der Waals surface area contributed by atoms with Crippen LogP contribution >= 0.6 is 11.7 Å². The summed E-state index contributed by atoms with van der Waals surface area (Å²) >= 11 is 1.13. The lowest BCUT2D eigenvalue weighted by atomic mass is 9.98. The van der Waals surface area contributed by atoms with Crippen LogP contribution in [0, 0.1) is 0 Å². The monoisotopic (exact) mass is 356 g/mol. The number of nitrogens with two attached hydrogens (primary N) is 1. The van der Waals surface area contributed by atoms with Gasteiger partial charge in [-0.15, -0.1) is 0 Å². The third kappa shape index (κ3) is 2.86. The summed E-state index contributed by atoms with van der Waals surface area (Å²) in [5.41, 5.74) is 8.29. The molecule has 8 nitrogen and oxygen atoms in total. The Hall–Kier alpha value is -2.81. The van der Waals surface area contributed by atoms with Crippen molar-refractivity contribution in [1.82, 2.24) is 23.8 Å². The first kappa shape index (κ1) is 15.7. The highest BCUT2D eigenvalue weighted by atomic mass is 32.1. The summed E-state index contributed by atoms with van der Waals surface area (Å²) in [5.74, 6) is -0.646. The maximum atomic E-state index is 13.0. The van der Waals surface area contributed by atoms with Gasteiger partial charge in [-0.2, -0.15) is 13.8 Å². The fourth-order valence-corrected chi connectivity index (χ4v) is 3.73. The van der Waals surface area contributed by atoms with Gasteiger partial charge < -0.3 is 10.6 Å². The van der Waals surface area contributed by atoms with E-state index in [-0.39, 0.29) is 17.6 Å². The smallest absolute Gasteiger partial charge is 0.269 e. The average Bonchev–Trinajstić information content (AvgIpc) is 3.29. The summed E-state index contributed by atoms with van der Waals surface area (Å²) in [4.78, 5) is 26.1. The number of aromatic amines is 1. The quantitative estimate of drug-likeness (QED) is 0.743. The molecule has 0 radical (unpaired) electrons. The minimum absolute atomic E-state index is 0.0603. The van der Waals surface area contributed by atoms with Gasteiger partial charge in [0.05, 0.1) is 23.5 Å². The number of nitrogens with one attached hydrogen (secondary N) is 1. The lowest BCUT2D eigenvalue weighted by Crippen LogP contribution is -2.38. The standard InChI is InChI=1S/C16H16N6O2S/c17-15(23)13-8-12(18-19-13)14-3-1-2-6-22(14)16(24)9-4-5-10-11(7-9)21-25-20-10/h4-5,7-8,14H,1-3,6H2,(H2,17,23)(H,18,19). The second kappa shape index (κ2) is 6.25. The number of nitrogens with zero attached hydrogens (tertiary/aromatic N) is 4. The molecule has 0 aliphatic carbocycles. The first-order chi connectivity index (χ1) is 12.1. The van der Waals surface area contributed by atoms with Crippen molar-refractivity contribution in [3.8, 4) is 0 Å². The molecule has 1 aliphatic rings. The molecule has 4 rings (SSSR count). The molecule has 1 aromatic carbocycles. The fraction of sp³-hybridized carbons (Fsp3) is 0.312. The van der Waals surface area contributed by atoms with Crippen molar-refractivity contribution >= 4 is 34.6 Å². The predicted molar refractivity (Wildman–Crippen MR) is 92.1 cm³/mol. The van der Waals surface area contributed by atoms with Crippen LogP contribution < -0.4 is 5.73 Å². The third-order valence-electron chi connectivity index (χ3n) is 4.47. The van der Waals surface area contributed by atoms with E-state index in [1.54, 1.807) is 18.2 Å². The van der Waals surface area contributed by atoms with E-state index >= 15 is 0 Å². The minimum atomic E-state index is -0.585. The topological polar surface area (TPSA) is 118 Å². The van der Waals surface area contributed by atoms with Crippen molar-refractivity contribution in [3.05, 3.63) is 41.2 Å². The Morgan fingerprint density at radius 3 is 2.84 bits per heavy atom. The molecule has 3 N–H and O–H groups in total. The van der Waals surface area contributed by atoms with Crippen molar-refractivity contribution < 1.29 is 9.59 Å². The molecular weight excluding hydrogens is 340 g/mol. The van der Waals surface area contributed by atoms with E-state index in [1.165, 1.54) is 0 Å². The fourth-order valence-electron chi connectivity index (χ4n) is 3.21. The van der Waals surface area contributed by atoms with E-state index in [0.717, 1.165) is 47.7 Å². The highest BCUT2D eigenvalue weighted by Gasteiger charge is 2.30. The summed E-state index contributed by atoms with van der Waals surface area (Å²) in [6.45, 7) is 0.655. The molecule has 2 amide bonds. The Balaban J connectivity index is 1.65. The third-order valence-corrected chi connectivity index (χ3v) is 5.03. The Labute approximate surface area is 147 Å². The number of fused-ring (bicyclic) bond motifs is 1. The lowest BCUT2D eigenvalue weighted by molar-refractivity contribution is 0.0606. The maximum Gasteiger partial charge on any atom is 0.269 e. The molecule has 1 unspecified atom stereocenters. The van der Waals surface area contributed by atoms with Crippen molar-refractivity contribution in [2.75, 3.05) is 6.54 Å². The van der Waals surface area contributed by atoms with Crippen LogP contribution in [-0.2, 0) is 0 Å². The molecule has 1 atom stereocenters. The molecule has 128 valence electrons. The molecule has 25 heavy (non-hydrogen) atoms. The van der Waals surface area contributed by atoms with Crippen molar-refractivity contribution in [2.45, 2.75) is 25.3 Å². The van der Waals surface area contributed by atoms with E-state index in [0.29, 0.717) is 12.1 Å². The molecule has 9 heteroatoms. The number of carbonyl (C=O) groups is 2. The summed E-state index contributed by atoms with van der Waals surface area (Å²) in [6, 6.07) is 6.85. The van der Waals surface area contributed by atoms with Gasteiger partial charge in [-0.25, -0.2) is 0 Å². The number of piperidine rings is 1. The number of H-pyrrole nitrogens is 1. The van der Waals surface area contributed by atoms with Gasteiger partial charge in [-0.05, 0) is 43.5 Å². The first-order valence-electron chi connectivity index (χ1n) is 8.02. The molecule has 1 fully saturated rings. The van der Waals surface area contributed by atoms with Crippen LogP contribution in [0.2, 0.25) is 0 Å². The number of primary amides is 1. The number of amides is 2. The average molecular weight is 356 g/mol. The second-order valence-electron chi connectivity index (χ2n) is 6.05. The number of hydrogen-bond acceptors (Lipinski definition) is 6. The zero-order chi connectivity index (χ0) is 17.4. The molecule has 0 saturated carbocycles. The van der Waals surface area contributed by atoms with Gasteiger partial charge >= 0.3 is 0 Å². The van der Waals surface area contributed by atoms with Crippen molar-refractivity contribution in [3.63, 3.8) is 0 Å². The van der Waals surface area contributed by atoms with Crippen LogP contribution in [0.25, 0.3) is 11.0 Å². The number of rotatable bonds is 3. The highest BCUT2D eigenvalue weighted by molar-refractivity contribution is 7.00. The Morgan fingerprint density at radius 1 is 1.20 bits per heavy atom. The molecule has 0 spiro atoms. The molecule has 3 heterocycles. The Bertz CT molecular complexity index is 949. The van der Waals surface area contributed by atoms with Gasteiger partial charge in [-0.1, -0.05) is 0 Å². The summed E-state index contributed by atoms with van der Waals surface area (Å²) in [5, 5.41) is 6.79. The number of hydrogen-bond donors (Lipinski definition) is 2. The highest BCUT2D eigenvalue weighted by Crippen LogP contribution is 2.31. The number of likely N-dealkylation sites (tertiary alicyclic amines) is 1. The van der Waals surface area contributed by atoms with Crippen LogP contribution in [0.1, 0.15) is 51.8 Å². The van der Waals surface area contributed by atoms with Gasteiger partial charge in [0.15, 0.2) is 0 Å². The zero-order valence-corrected chi connectivity index (χ0v) is 14.1. The normalized spacial score (nSPS) is 17.8. The minimum Gasteiger partial charge on any atom is -0.364 e. The second-order valence-corrected chi connectivity index (χ2v) is 6.58. The van der Waals surface area contributed by atoms with Crippen molar-refractivity contribution in [2.24, 2.45) is 5.73 Å².